The standard InChI is InChI=1S/C19H23ClFN3O5S2/c1-19(2,3)29-18(26)22-7-6-16(25)23-17-24(11-4-5-12(20)13(21)8-11)14-9-31(27,28)10-15(14)30-17/h4-5,8,14-15H,6-7,9-10H2,1-3H3,(H,22,26)/t14-,15-/m1/s1. The molecule has 170 valence electrons. The van der Waals surface area contributed by atoms with E-state index in [1.807, 2.05) is 0 Å². The van der Waals surface area contributed by atoms with Gasteiger partial charge in [0.05, 0.1) is 22.6 Å². The molecule has 0 bridgehead atoms. The number of carbonyl (C=O) groups excluding carboxylic acids is 2. The van der Waals surface area contributed by atoms with Crippen LogP contribution in [0.15, 0.2) is 23.2 Å². The van der Waals surface area contributed by atoms with E-state index in [0.717, 1.165) is 0 Å². The summed E-state index contributed by atoms with van der Waals surface area (Å²) >= 11 is 6.94. The molecular formula is C19H23ClFN3O5S2. The van der Waals surface area contributed by atoms with Crippen molar-refractivity contribution in [3.8, 4) is 0 Å². The third kappa shape index (κ3) is 6.11. The number of hydrogen-bond acceptors (Lipinski definition) is 6. The van der Waals surface area contributed by atoms with Crippen LogP contribution < -0.4 is 10.2 Å². The SMILES string of the molecule is CC(C)(C)OC(=O)NCCC(=O)N=C1S[C@@H]2CS(=O)(=O)C[C@H]2N1c1ccc(Cl)c(F)c1. The van der Waals surface area contributed by atoms with Crippen LogP contribution >= 0.6 is 23.4 Å². The first-order valence-corrected chi connectivity index (χ1v) is 12.6. The summed E-state index contributed by atoms with van der Waals surface area (Å²) in [6.45, 7) is 5.22. The lowest BCUT2D eigenvalue weighted by Gasteiger charge is -2.24. The molecule has 2 saturated heterocycles. The Balaban J connectivity index is 1.74. The van der Waals surface area contributed by atoms with Crippen molar-refractivity contribution in [2.45, 2.75) is 44.1 Å². The van der Waals surface area contributed by atoms with Gasteiger partial charge in [-0.1, -0.05) is 23.4 Å². The minimum atomic E-state index is -3.24. The number of fused-ring (bicyclic) bond motifs is 1. The Kier molecular flexibility index (Phi) is 6.87. The molecule has 3 rings (SSSR count). The van der Waals surface area contributed by atoms with Gasteiger partial charge in [-0.2, -0.15) is 4.99 Å². The number of nitrogens with zero attached hydrogens (tertiary/aromatic N) is 2. The molecule has 0 unspecified atom stereocenters. The number of amidine groups is 1. The van der Waals surface area contributed by atoms with Crippen molar-refractivity contribution in [2.24, 2.45) is 4.99 Å². The van der Waals surface area contributed by atoms with E-state index in [0.29, 0.717) is 10.9 Å². The van der Waals surface area contributed by atoms with Gasteiger partial charge in [-0.3, -0.25) is 4.79 Å². The second-order valence-corrected chi connectivity index (χ2v) is 12.0. The number of anilines is 1. The molecule has 0 spiro atoms. The van der Waals surface area contributed by atoms with E-state index in [-0.39, 0.29) is 34.7 Å². The third-order valence-corrected chi connectivity index (χ3v) is 7.99. The van der Waals surface area contributed by atoms with Crippen molar-refractivity contribution >= 4 is 56.1 Å². The molecule has 2 fully saturated rings. The van der Waals surface area contributed by atoms with Crippen molar-refractivity contribution in [3.63, 3.8) is 0 Å². The molecule has 2 heterocycles. The summed E-state index contributed by atoms with van der Waals surface area (Å²) in [5, 5.41) is 2.42. The summed E-state index contributed by atoms with van der Waals surface area (Å²) in [6.07, 6.45) is -0.707. The number of rotatable bonds is 4. The van der Waals surface area contributed by atoms with Crippen LogP contribution in [-0.2, 0) is 19.4 Å². The molecule has 0 aromatic heterocycles. The average Bonchev–Trinajstić information content (AvgIpc) is 3.06. The largest absolute Gasteiger partial charge is 0.444 e. The summed E-state index contributed by atoms with van der Waals surface area (Å²) in [6, 6.07) is 3.67. The number of amides is 2. The molecule has 2 aliphatic rings. The number of sulfone groups is 1. The van der Waals surface area contributed by atoms with Gasteiger partial charge in [-0.15, -0.1) is 0 Å². The number of halogens is 2. The van der Waals surface area contributed by atoms with Crippen LogP contribution in [0.25, 0.3) is 0 Å². The number of aliphatic imine (C=N–C) groups is 1. The Bertz CT molecular complexity index is 1030. The van der Waals surface area contributed by atoms with E-state index in [1.165, 1.54) is 23.9 Å². The minimum absolute atomic E-state index is 0.0337. The molecule has 0 radical (unpaired) electrons. The van der Waals surface area contributed by atoms with Crippen LogP contribution in [0.4, 0.5) is 14.9 Å². The summed E-state index contributed by atoms with van der Waals surface area (Å²) < 4.78 is 43.3. The number of hydrogen-bond donors (Lipinski definition) is 1. The molecule has 2 amide bonds. The zero-order valence-electron chi connectivity index (χ0n) is 17.2. The number of alkyl carbamates (subject to hydrolysis) is 1. The average molecular weight is 492 g/mol. The van der Waals surface area contributed by atoms with Crippen molar-refractivity contribution in [1.29, 1.82) is 0 Å². The molecule has 2 aliphatic heterocycles. The van der Waals surface area contributed by atoms with Crippen molar-refractivity contribution < 1.29 is 27.1 Å². The van der Waals surface area contributed by atoms with Crippen molar-refractivity contribution in [1.82, 2.24) is 5.32 Å². The molecule has 1 aromatic carbocycles. The van der Waals surface area contributed by atoms with E-state index in [9.17, 15) is 22.4 Å². The summed E-state index contributed by atoms with van der Waals surface area (Å²) in [5.41, 5.74) is -0.279. The van der Waals surface area contributed by atoms with Crippen LogP contribution in [0.2, 0.25) is 5.02 Å². The Morgan fingerprint density at radius 3 is 2.71 bits per heavy atom. The first-order valence-electron chi connectivity index (χ1n) is 9.54. The van der Waals surface area contributed by atoms with Gasteiger partial charge < -0.3 is 15.0 Å². The minimum Gasteiger partial charge on any atom is -0.444 e. The quantitative estimate of drug-likeness (QED) is 0.690. The molecule has 8 nitrogen and oxygen atoms in total. The van der Waals surface area contributed by atoms with Crippen molar-refractivity contribution in [3.05, 3.63) is 29.0 Å². The highest BCUT2D eigenvalue weighted by atomic mass is 35.5. The molecule has 1 N–H and O–H groups in total. The summed E-state index contributed by atoms with van der Waals surface area (Å²) in [4.78, 5) is 29.7. The second kappa shape index (κ2) is 8.95. The number of ether oxygens (including phenoxy) is 1. The molecule has 0 aliphatic carbocycles. The lowest BCUT2D eigenvalue weighted by atomic mass is 10.2. The third-order valence-electron chi connectivity index (χ3n) is 4.48. The molecule has 12 heteroatoms. The van der Waals surface area contributed by atoms with Crippen LogP contribution in [0.5, 0.6) is 0 Å². The molecular weight excluding hydrogens is 469 g/mol. The van der Waals surface area contributed by atoms with Gasteiger partial charge in [0.25, 0.3) is 0 Å². The first kappa shape index (κ1) is 23.8. The molecule has 2 atom stereocenters. The Labute approximate surface area is 189 Å². The number of carbonyl (C=O) groups is 2. The Morgan fingerprint density at radius 1 is 1.35 bits per heavy atom. The molecule has 0 saturated carbocycles. The van der Waals surface area contributed by atoms with Crippen LogP contribution in [0, 0.1) is 5.82 Å². The monoisotopic (exact) mass is 491 g/mol. The fourth-order valence-electron chi connectivity index (χ4n) is 3.25. The van der Waals surface area contributed by atoms with Gasteiger partial charge in [-0.05, 0) is 39.0 Å². The number of nitrogens with one attached hydrogen (secondary N) is 1. The van der Waals surface area contributed by atoms with Gasteiger partial charge in [0.1, 0.15) is 11.4 Å². The zero-order chi connectivity index (χ0) is 23.0. The number of thioether (sulfide) groups is 1. The van der Waals surface area contributed by atoms with Gasteiger partial charge in [0, 0.05) is 23.9 Å². The highest BCUT2D eigenvalue weighted by Crippen LogP contribution is 2.41. The predicted molar refractivity (Wildman–Crippen MR) is 119 cm³/mol. The van der Waals surface area contributed by atoms with Gasteiger partial charge >= 0.3 is 6.09 Å². The van der Waals surface area contributed by atoms with Crippen molar-refractivity contribution in [2.75, 3.05) is 23.0 Å². The van der Waals surface area contributed by atoms with E-state index in [2.05, 4.69) is 10.3 Å². The van der Waals surface area contributed by atoms with Crippen LogP contribution in [0.3, 0.4) is 0 Å². The fourth-order valence-corrected chi connectivity index (χ4v) is 7.30. The summed E-state index contributed by atoms with van der Waals surface area (Å²) in [7, 11) is -3.24. The maximum Gasteiger partial charge on any atom is 0.407 e. The summed E-state index contributed by atoms with van der Waals surface area (Å²) in [5.74, 6) is -1.30. The topological polar surface area (TPSA) is 105 Å². The van der Waals surface area contributed by atoms with Crippen LogP contribution in [0.1, 0.15) is 27.2 Å². The Hall–Kier alpha value is -1.85. The van der Waals surface area contributed by atoms with E-state index in [1.54, 1.807) is 31.7 Å². The van der Waals surface area contributed by atoms with E-state index >= 15 is 0 Å². The fraction of sp³-hybridized carbons (Fsp3) is 0.526. The molecule has 31 heavy (non-hydrogen) atoms. The van der Waals surface area contributed by atoms with Crippen LogP contribution in [-0.4, -0.2) is 60.5 Å². The first-order chi connectivity index (χ1) is 14.3. The number of benzene rings is 1. The maximum atomic E-state index is 14.0. The van der Waals surface area contributed by atoms with E-state index < -0.39 is 39.3 Å². The second-order valence-electron chi connectivity index (χ2n) is 8.24. The highest BCUT2D eigenvalue weighted by molar-refractivity contribution is 8.16. The highest BCUT2D eigenvalue weighted by Gasteiger charge is 2.49. The predicted octanol–water partition coefficient (Wildman–Crippen LogP) is 3.00. The van der Waals surface area contributed by atoms with Gasteiger partial charge in [-0.25, -0.2) is 17.6 Å². The smallest absolute Gasteiger partial charge is 0.407 e. The normalized spacial score (nSPS) is 23.6. The van der Waals surface area contributed by atoms with Gasteiger partial charge in [0.15, 0.2) is 15.0 Å². The maximum absolute atomic E-state index is 14.0. The lowest BCUT2D eigenvalue weighted by Crippen LogP contribution is -2.38. The van der Waals surface area contributed by atoms with E-state index in [4.69, 9.17) is 16.3 Å². The molecule has 1 aromatic rings. The lowest BCUT2D eigenvalue weighted by molar-refractivity contribution is -0.117. The van der Waals surface area contributed by atoms with Gasteiger partial charge in [0.2, 0.25) is 5.91 Å². The Morgan fingerprint density at radius 2 is 2.06 bits per heavy atom. The zero-order valence-corrected chi connectivity index (χ0v) is 19.6.